The number of tetrazole rings is 1. The number of nitrogens with one attached hydrogen (secondary N) is 3. The van der Waals surface area contributed by atoms with Gasteiger partial charge in [0.05, 0.1) is 11.4 Å². The molecule has 1 aliphatic rings. The zero-order valence-electron chi connectivity index (χ0n) is 21.2. The molecular weight excluding hydrogens is 514 g/mol. The number of halogens is 2. The lowest BCUT2D eigenvalue weighted by Gasteiger charge is -2.20. The average Bonchev–Trinajstić information content (AvgIpc) is 3.60. The molecule has 0 radical (unpaired) electrons. The molecule has 1 aliphatic carbocycles. The number of hydrogen-bond acceptors (Lipinski definition) is 5. The van der Waals surface area contributed by atoms with E-state index < -0.39 is 17.7 Å². The Morgan fingerprint density at radius 3 is 2.38 bits per heavy atom. The van der Waals surface area contributed by atoms with Gasteiger partial charge in [-0.3, -0.25) is 0 Å². The van der Waals surface area contributed by atoms with E-state index in [1.54, 1.807) is 6.07 Å². The summed E-state index contributed by atoms with van der Waals surface area (Å²) in [5.41, 5.74) is 3.55. The molecule has 8 nitrogen and oxygen atoms in total. The summed E-state index contributed by atoms with van der Waals surface area (Å²) in [6.07, 6.45) is 2.98. The summed E-state index contributed by atoms with van der Waals surface area (Å²) in [6.45, 7) is 0. The largest absolute Gasteiger partial charge is 0.455 e. The minimum absolute atomic E-state index is 0.152. The number of urea groups is 1. The quantitative estimate of drug-likeness (QED) is 0.194. The van der Waals surface area contributed by atoms with E-state index in [0.717, 1.165) is 47.6 Å². The van der Waals surface area contributed by atoms with Gasteiger partial charge in [-0.1, -0.05) is 42.5 Å². The van der Waals surface area contributed by atoms with Gasteiger partial charge in [-0.25, -0.2) is 13.6 Å². The third-order valence-electron chi connectivity index (χ3n) is 6.59. The van der Waals surface area contributed by atoms with Crippen LogP contribution in [0.15, 0.2) is 84.9 Å². The second-order valence-corrected chi connectivity index (χ2v) is 9.56. The monoisotopic (exact) mass is 538 g/mol. The third-order valence-corrected chi connectivity index (χ3v) is 6.59. The molecule has 10 heteroatoms. The number of benzene rings is 4. The van der Waals surface area contributed by atoms with E-state index in [0.29, 0.717) is 35.0 Å². The highest BCUT2D eigenvalue weighted by atomic mass is 19.1. The Hall–Kier alpha value is -5.12. The Morgan fingerprint density at radius 1 is 0.900 bits per heavy atom. The summed E-state index contributed by atoms with van der Waals surface area (Å²) in [6, 6.07) is 23.0. The third kappa shape index (κ3) is 5.65. The number of para-hydroxylation sites is 1. The minimum Gasteiger partial charge on any atom is -0.455 e. The highest BCUT2D eigenvalue weighted by Gasteiger charge is 2.26. The van der Waals surface area contributed by atoms with Crippen molar-refractivity contribution in [1.29, 1.82) is 0 Å². The van der Waals surface area contributed by atoms with Crippen LogP contribution in [0.1, 0.15) is 18.4 Å². The molecule has 5 aromatic rings. The van der Waals surface area contributed by atoms with Crippen molar-refractivity contribution >= 4 is 17.4 Å². The fourth-order valence-electron chi connectivity index (χ4n) is 4.52. The van der Waals surface area contributed by atoms with Gasteiger partial charge < -0.3 is 15.4 Å². The molecule has 0 aliphatic heterocycles. The van der Waals surface area contributed by atoms with Crippen LogP contribution in [-0.4, -0.2) is 26.7 Å². The number of ether oxygens (including phenoxy) is 1. The predicted octanol–water partition coefficient (Wildman–Crippen LogP) is 7.20. The second kappa shape index (κ2) is 10.9. The van der Waals surface area contributed by atoms with Gasteiger partial charge in [0.15, 0.2) is 5.75 Å². The van der Waals surface area contributed by atoms with E-state index in [9.17, 15) is 13.6 Å². The van der Waals surface area contributed by atoms with Crippen LogP contribution in [0.3, 0.4) is 0 Å². The van der Waals surface area contributed by atoms with Crippen molar-refractivity contribution in [3.8, 4) is 34.0 Å². The van der Waals surface area contributed by atoms with Crippen LogP contribution in [0.4, 0.5) is 25.0 Å². The van der Waals surface area contributed by atoms with E-state index in [2.05, 4.69) is 37.3 Å². The van der Waals surface area contributed by atoms with Crippen LogP contribution >= 0.6 is 0 Å². The van der Waals surface area contributed by atoms with E-state index in [1.807, 2.05) is 54.6 Å². The van der Waals surface area contributed by atoms with Crippen molar-refractivity contribution in [2.24, 2.45) is 5.92 Å². The maximum atomic E-state index is 14.3. The Kier molecular flexibility index (Phi) is 6.88. The lowest BCUT2D eigenvalue weighted by molar-refractivity contribution is 0.262. The van der Waals surface area contributed by atoms with Gasteiger partial charge in [0.2, 0.25) is 5.82 Å². The van der Waals surface area contributed by atoms with Crippen molar-refractivity contribution in [2.75, 3.05) is 10.6 Å². The summed E-state index contributed by atoms with van der Waals surface area (Å²) >= 11 is 0. The first-order valence-corrected chi connectivity index (χ1v) is 12.8. The number of amides is 2. The van der Waals surface area contributed by atoms with Crippen molar-refractivity contribution in [1.82, 2.24) is 20.6 Å². The lowest BCUT2D eigenvalue weighted by Crippen LogP contribution is -2.21. The van der Waals surface area contributed by atoms with Crippen LogP contribution < -0.4 is 15.4 Å². The molecule has 4 aromatic carbocycles. The van der Waals surface area contributed by atoms with Gasteiger partial charge in [0.1, 0.15) is 17.4 Å². The van der Waals surface area contributed by atoms with Gasteiger partial charge in [0.25, 0.3) is 0 Å². The number of H-pyrrole nitrogens is 1. The number of anilines is 2. The molecule has 1 heterocycles. The molecule has 2 amide bonds. The fourth-order valence-corrected chi connectivity index (χ4v) is 4.52. The van der Waals surface area contributed by atoms with Gasteiger partial charge in [-0.15, -0.1) is 10.2 Å². The molecule has 0 unspecified atom stereocenters. The van der Waals surface area contributed by atoms with Gasteiger partial charge >= 0.3 is 6.03 Å². The Labute approximate surface area is 228 Å². The number of hydrogen-bond donors (Lipinski definition) is 3. The zero-order chi connectivity index (χ0) is 27.5. The number of aromatic nitrogens is 4. The predicted molar refractivity (Wildman–Crippen MR) is 147 cm³/mol. The maximum absolute atomic E-state index is 14.3. The van der Waals surface area contributed by atoms with Crippen LogP contribution in [0.25, 0.3) is 22.5 Å². The van der Waals surface area contributed by atoms with Gasteiger partial charge in [0, 0.05) is 11.6 Å². The summed E-state index contributed by atoms with van der Waals surface area (Å²) in [7, 11) is 0. The Morgan fingerprint density at radius 2 is 1.65 bits per heavy atom. The molecule has 0 saturated heterocycles. The molecule has 200 valence electrons. The number of aromatic amines is 1. The fraction of sp³-hybridized carbons (Fsp3) is 0.133. The average molecular weight is 539 g/mol. The first kappa shape index (κ1) is 25.2. The highest BCUT2D eigenvalue weighted by molar-refractivity contribution is 6.01. The van der Waals surface area contributed by atoms with E-state index in [4.69, 9.17) is 4.74 Å². The van der Waals surface area contributed by atoms with E-state index in [1.165, 1.54) is 6.07 Å². The number of carbonyl (C=O) groups is 1. The Balaban J connectivity index is 1.44. The zero-order valence-corrected chi connectivity index (χ0v) is 21.2. The molecule has 3 N–H and O–H groups in total. The van der Waals surface area contributed by atoms with Crippen LogP contribution in [0, 0.1) is 17.6 Å². The summed E-state index contributed by atoms with van der Waals surface area (Å²) < 4.78 is 34.0. The van der Waals surface area contributed by atoms with Gasteiger partial charge in [-0.2, -0.15) is 5.21 Å². The summed E-state index contributed by atoms with van der Waals surface area (Å²) in [5.74, 6) is 0.424. The topological polar surface area (TPSA) is 105 Å². The first-order chi connectivity index (χ1) is 19.5. The van der Waals surface area contributed by atoms with Gasteiger partial charge in [-0.05, 0) is 83.5 Å². The molecule has 1 aromatic heterocycles. The Bertz CT molecular complexity index is 1660. The van der Waals surface area contributed by atoms with Crippen molar-refractivity contribution in [3.63, 3.8) is 0 Å². The maximum Gasteiger partial charge on any atom is 0.323 e. The molecule has 1 saturated carbocycles. The smallest absolute Gasteiger partial charge is 0.323 e. The van der Waals surface area contributed by atoms with Crippen molar-refractivity contribution in [2.45, 2.75) is 19.3 Å². The van der Waals surface area contributed by atoms with Crippen molar-refractivity contribution in [3.05, 3.63) is 102 Å². The second-order valence-electron chi connectivity index (χ2n) is 9.56. The molecular formula is C30H24F2N6O2. The number of nitrogens with zero attached hydrogens (tertiary/aromatic N) is 3. The lowest BCUT2D eigenvalue weighted by atomic mass is 9.94. The molecule has 0 spiro atoms. The molecule has 6 rings (SSSR count). The number of rotatable bonds is 8. The van der Waals surface area contributed by atoms with Crippen molar-refractivity contribution < 1.29 is 18.3 Å². The molecule has 40 heavy (non-hydrogen) atoms. The molecule has 0 bridgehead atoms. The van der Waals surface area contributed by atoms with Crippen LogP contribution in [0.2, 0.25) is 0 Å². The van der Waals surface area contributed by atoms with E-state index in [-0.39, 0.29) is 5.69 Å². The molecule has 1 fully saturated rings. The first-order valence-electron chi connectivity index (χ1n) is 12.8. The van der Waals surface area contributed by atoms with E-state index >= 15 is 0 Å². The molecule has 0 atom stereocenters. The standard InChI is InChI=1S/C30H24F2N6O2/c31-21-12-13-26(25(32)17-21)33-30(39)34-27-16-19(23-8-4-5-9-24(23)29-35-37-38-36-29)15-20(14-18-10-11-18)28(27)40-22-6-2-1-3-7-22/h1-9,12-13,15-18H,10-11,14H2,(H2,33,34,39)(H,35,36,37,38). The normalized spacial score (nSPS) is 12.7. The number of carbonyl (C=O) groups excluding carboxylic acids is 1. The minimum atomic E-state index is -0.881. The highest BCUT2D eigenvalue weighted by Crippen LogP contribution is 2.43. The van der Waals surface area contributed by atoms with Crippen LogP contribution in [0.5, 0.6) is 11.5 Å². The summed E-state index contributed by atoms with van der Waals surface area (Å²) in [4.78, 5) is 13.1. The summed E-state index contributed by atoms with van der Waals surface area (Å²) in [5, 5.41) is 19.8. The van der Waals surface area contributed by atoms with Crippen LogP contribution in [-0.2, 0) is 6.42 Å². The SMILES string of the molecule is O=C(Nc1ccc(F)cc1F)Nc1cc(-c2ccccc2-c2nn[nH]n2)cc(CC2CC2)c1Oc1ccccc1.